The zero-order valence-corrected chi connectivity index (χ0v) is 29.8. The summed E-state index contributed by atoms with van der Waals surface area (Å²) in [6.07, 6.45) is 4.03. The molecule has 0 bridgehead atoms. The van der Waals surface area contributed by atoms with Gasteiger partial charge in [-0.1, -0.05) is 85.1 Å². The fourth-order valence-electron chi connectivity index (χ4n) is 6.30. The Balaban J connectivity index is 1.34. The Hall–Kier alpha value is -4.56. The maximum Gasteiger partial charge on any atom is 0.289 e. The van der Waals surface area contributed by atoms with E-state index in [0.29, 0.717) is 28.3 Å². The monoisotopic (exact) mass is 733 g/mol. The Kier molecular flexibility index (Phi) is 10.6. The highest BCUT2D eigenvalue weighted by Crippen LogP contribution is 2.39. The summed E-state index contributed by atoms with van der Waals surface area (Å²) in [5.41, 5.74) is 4.21. The smallest absolute Gasteiger partial charge is 0.289 e. The number of ketones is 1. The van der Waals surface area contributed by atoms with Crippen LogP contribution in [0.4, 0.5) is 0 Å². The first-order valence-electron chi connectivity index (χ1n) is 16.9. The Morgan fingerprint density at radius 2 is 1.75 bits per heavy atom. The van der Waals surface area contributed by atoms with E-state index in [0.717, 1.165) is 18.4 Å². The van der Waals surface area contributed by atoms with E-state index in [-0.39, 0.29) is 30.3 Å². The molecule has 4 N–H and O–H groups in total. The second-order valence-corrected chi connectivity index (χ2v) is 15.4. The number of rotatable bonds is 13. The number of carbonyl (C=O) groups excluding carboxylic acids is 4. The van der Waals surface area contributed by atoms with Crippen LogP contribution in [0.1, 0.15) is 61.8 Å². The number of likely N-dealkylation sites (tertiary alicyclic amines) is 1. The predicted octanol–water partition coefficient (Wildman–Crippen LogP) is 3.72. The molecule has 1 saturated heterocycles. The third kappa shape index (κ3) is 8.33. The van der Waals surface area contributed by atoms with Gasteiger partial charge in [0.05, 0.1) is 23.2 Å². The van der Waals surface area contributed by atoms with E-state index >= 15 is 0 Å². The lowest BCUT2D eigenvalue weighted by Crippen LogP contribution is -2.54. The highest BCUT2D eigenvalue weighted by molar-refractivity contribution is 7.89. The van der Waals surface area contributed by atoms with Crippen molar-refractivity contribution in [2.45, 2.75) is 80.6 Å². The molecule has 3 amide bonds. The summed E-state index contributed by atoms with van der Waals surface area (Å²) < 4.78 is 29.9. The summed E-state index contributed by atoms with van der Waals surface area (Å²) in [7, 11) is -4.22. The van der Waals surface area contributed by atoms with Gasteiger partial charge in [0.1, 0.15) is 17.7 Å². The molecular formula is C37H40ClN5O7S. The van der Waals surface area contributed by atoms with Gasteiger partial charge in [0.2, 0.25) is 27.6 Å². The van der Waals surface area contributed by atoms with Gasteiger partial charge in [0.15, 0.2) is 0 Å². The van der Waals surface area contributed by atoms with Crippen LogP contribution in [-0.4, -0.2) is 67.1 Å². The van der Waals surface area contributed by atoms with Crippen molar-refractivity contribution in [2.75, 3.05) is 6.54 Å². The number of nitrogens with zero attached hydrogens (tertiary/aromatic N) is 1. The van der Waals surface area contributed by atoms with Gasteiger partial charge in [-0.2, -0.15) is 4.72 Å². The first-order valence-corrected chi connectivity index (χ1v) is 18.8. The molecule has 3 aromatic carbocycles. The van der Waals surface area contributed by atoms with Crippen molar-refractivity contribution in [1.29, 1.82) is 0 Å². The fourth-order valence-corrected chi connectivity index (χ4v) is 7.67. The number of Topliss-reactive ketones (excluding diaryl/α,β-unsaturated/α-hetero) is 1. The molecule has 1 aliphatic carbocycles. The van der Waals surface area contributed by atoms with Crippen LogP contribution in [0, 0.1) is 6.92 Å². The number of sulfonamides is 1. The maximum atomic E-state index is 14.7. The Bertz CT molecular complexity index is 1950. The van der Waals surface area contributed by atoms with Crippen molar-refractivity contribution in [1.82, 2.24) is 25.7 Å². The van der Waals surface area contributed by atoms with Crippen molar-refractivity contribution in [3.63, 3.8) is 0 Å². The quantitative estimate of drug-likeness (QED) is 0.193. The van der Waals surface area contributed by atoms with Crippen LogP contribution in [0.25, 0.3) is 5.70 Å². The molecule has 0 aromatic heterocycles. The number of halogens is 1. The van der Waals surface area contributed by atoms with E-state index in [4.69, 9.17) is 16.4 Å². The summed E-state index contributed by atoms with van der Waals surface area (Å²) in [4.78, 5) is 62.2. The van der Waals surface area contributed by atoms with E-state index in [2.05, 4.69) is 20.8 Å². The summed E-state index contributed by atoms with van der Waals surface area (Å²) >= 11 is 6.24. The molecule has 14 heteroatoms. The molecule has 4 atom stereocenters. The van der Waals surface area contributed by atoms with Crippen LogP contribution in [-0.2, 0) is 34.0 Å². The van der Waals surface area contributed by atoms with E-state index in [1.807, 2.05) is 19.9 Å². The average molecular weight is 734 g/mol. The highest BCUT2D eigenvalue weighted by Gasteiger charge is 2.53. The lowest BCUT2D eigenvalue weighted by molar-refractivity contribution is -0.143. The first kappa shape index (κ1) is 36.2. The molecular weight excluding hydrogens is 694 g/mol. The van der Waals surface area contributed by atoms with Crippen LogP contribution in [0.3, 0.4) is 0 Å². The van der Waals surface area contributed by atoms with E-state index in [1.54, 1.807) is 66.7 Å². The molecule has 1 spiro atoms. The number of carbonyl (C=O) groups is 4. The summed E-state index contributed by atoms with van der Waals surface area (Å²) in [6, 6.07) is 17.9. The molecule has 0 unspecified atom stereocenters. The number of amides is 3. The Labute approximate surface area is 302 Å². The summed E-state index contributed by atoms with van der Waals surface area (Å²) in [5, 5.41) is 5.92. The maximum absolute atomic E-state index is 14.7. The lowest BCUT2D eigenvalue weighted by atomic mass is 9.97. The number of nitrogens with one attached hydrogen (secondary N) is 4. The minimum atomic E-state index is -4.22. The van der Waals surface area contributed by atoms with Crippen molar-refractivity contribution in [2.24, 2.45) is 0 Å². The van der Waals surface area contributed by atoms with Crippen LogP contribution in [0.2, 0.25) is 5.02 Å². The topological polar surface area (TPSA) is 163 Å². The van der Waals surface area contributed by atoms with Crippen molar-refractivity contribution >= 4 is 50.8 Å². The molecule has 2 heterocycles. The minimum absolute atomic E-state index is 0.0307. The second kappa shape index (κ2) is 15.0. The number of hydroxylamine groups is 1. The van der Waals surface area contributed by atoms with E-state index < -0.39 is 57.3 Å². The molecule has 0 radical (unpaired) electrons. The zero-order chi connectivity index (χ0) is 36.3. The molecule has 2 aliphatic heterocycles. The van der Waals surface area contributed by atoms with Crippen LogP contribution in [0.15, 0.2) is 89.8 Å². The standard InChI is InChI=1S/C37H40ClN5O7S/c1-3-8-29(33(44)35(46)39-27-15-16-27)40-34(45)31-21-37(20-30(41-50-37)25-11-7-12-26(38)19-25)22-43(31)36(47)32(24-9-5-4-6-10-24)42-51(48,49)28-17-13-23(2)14-18-28/h4-7,9-14,17-20,27,29,31-32,41-42H,3,8,15-16,21-22H2,1-2H3,(H,39,46)(H,40,45)/t29-,31-,32-,37+/m0/s1. The summed E-state index contributed by atoms with van der Waals surface area (Å²) in [5.74, 6) is -2.91. The van der Waals surface area contributed by atoms with Gasteiger partial charge in [-0.15, -0.1) is 0 Å². The Morgan fingerprint density at radius 1 is 1.02 bits per heavy atom. The molecule has 268 valence electrons. The van der Waals surface area contributed by atoms with Crippen LogP contribution < -0.4 is 20.8 Å². The average Bonchev–Trinajstić information content (AvgIpc) is 3.71. The number of hydrogen-bond donors (Lipinski definition) is 4. The van der Waals surface area contributed by atoms with Crippen LogP contribution in [0.5, 0.6) is 0 Å². The number of aryl methyl sites for hydroxylation is 1. The van der Waals surface area contributed by atoms with Crippen LogP contribution >= 0.6 is 11.6 Å². The molecule has 12 nitrogen and oxygen atoms in total. The van der Waals surface area contributed by atoms with E-state index in [1.165, 1.54) is 17.0 Å². The van der Waals surface area contributed by atoms with Crippen molar-refractivity contribution < 1.29 is 32.4 Å². The molecule has 3 aromatic rings. The second-order valence-electron chi connectivity index (χ2n) is 13.3. The predicted molar refractivity (Wildman–Crippen MR) is 190 cm³/mol. The third-order valence-electron chi connectivity index (χ3n) is 9.18. The number of hydrogen-bond acceptors (Lipinski definition) is 8. The molecule has 3 aliphatic rings. The Morgan fingerprint density at radius 3 is 2.41 bits per heavy atom. The molecule has 51 heavy (non-hydrogen) atoms. The normalized spacial score (nSPS) is 21.0. The van der Waals surface area contributed by atoms with Gasteiger partial charge in [0, 0.05) is 23.0 Å². The SMILES string of the molecule is CCC[C@H](NC(=O)[C@@H]1C[C@]2(C=C(c3cccc(Cl)c3)NO2)CN1C(=O)[C@@H](NS(=O)(=O)c1ccc(C)cc1)c1ccccc1)C(=O)C(=O)NC1CC1. The first-order chi connectivity index (χ1) is 24.4. The van der Waals surface area contributed by atoms with Crippen molar-refractivity contribution in [3.8, 4) is 0 Å². The minimum Gasteiger partial charge on any atom is -0.347 e. The van der Waals surface area contributed by atoms with Gasteiger partial charge in [-0.3, -0.25) is 29.5 Å². The molecule has 2 fully saturated rings. The van der Waals surface area contributed by atoms with Gasteiger partial charge in [-0.25, -0.2) is 8.42 Å². The lowest BCUT2D eigenvalue weighted by Gasteiger charge is -2.30. The fraction of sp³-hybridized carbons (Fsp3) is 0.351. The van der Waals surface area contributed by atoms with Crippen molar-refractivity contribution in [3.05, 3.63) is 107 Å². The zero-order valence-electron chi connectivity index (χ0n) is 28.2. The molecule has 1 saturated carbocycles. The number of benzene rings is 3. The third-order valence-corrected chi connectivity index (χ3v) is 10.9. The van der Waals surface area contributed by atoms with Gasteiger partial charge in [-0.05, 0) is 62.1 Å². The van der Waals surface area contributed by atoms with Gasteiger partial charge in [0.25, 0.3) is 5.91 Å². The molecule has 6 rings (SSSR count). The summed E-state index contributed by atoms with van der Waals surface area (Å²) in [6.45, 7) is 3.53. The van der Waals surface area contributed by atoms with Gasteiger partial charge >= 0.3 is 0 Å². The largest absolute Gasteiger partial charge is 0.347 e. The van der Waals surface area contributed by atoms with Gasteiger partial charge < -0.3 is 15.5 Å². The van der Waals surface area contributed by atoms with E-state index in [9.17, 15) is 27.6 Å². The highest BCUT2D eigenvalue weighted by atomic mass is 35.5.